The van der Waals surface area contributed by atoms with E-state index in [4.69, 9.17) is 19.9 Å². The van der Waals surface area contributed by atoms with E-state index in [1.54, 1.807) is 48.5 Å². The SMILES string of the molecule is C/C(=N\O)C(=O)c1ccc(OCCCCCCOc2ccc(C(=O)/C(C)=N/O)cc2)cc1. The first kappa shape index (κ1) is 24.6. The smallest absolute Gasteiger partial charge is 0.210 e. The molecule has 0 radical (unpaired) electrons. The van der Waals surface area contributed by atoms with Crippen molar-refractivity contribution in [3.8, 4) is 11.5 Å². The lowest BCUT2D eigenvalue weighted by Crippen LogP contribution is -2.10. The highest BCUT2D eigenvalue weighted by atomic mass is 16.5. The third kappa shape index (κ3) is 7.54. The summed E-state index contributed by atoms with van der Waals surface area (Å²) >= 11 is 0. The second-order valence-electron chi connectivity index (χ2n) is 7.19. The summed E-state index contributed by atoms with van der Waals surface area (Å²) in [5, 5.41) is 23.2. The quantitative estimate of drug-likeness (QED) is 0.152. The zero-order chi connectivity index (χ0) is 23.3. The maximum Gasteiger partial charge on any atom is 0.210 e. The van der Waals surface area contributed by atoms with Crippen molar-refractivity contribution in [2.75, 3.05) is 13.2 Å². The van der Waals surface area contributed by atoms with Crippen LogP contribution in [0.5, 0.6) is 11.5 Å². The Morgan fingerprint density at radius 2 is 1.00 bits per heavy atom. The zero-order valence-electron chi connectivity index (χ0n) is 18.3. The molecule has 0 saturated heterocycles. The molecule has 170 valence electrons. The fourth-order valence-electron chi connectivity index (χ4n) is 2.85. The number of carbonyl (C=O) groups excluding carboxylic acids is 2. The molecule has 8 nitrogen and oxygen atoms in total. The molecule has 2 aromatic carbocycles. The summed E-state index contributed by atoms with van der Waals surface area (Å²) in [6, 6.07) is 13.5. The number of Topliss-reactive ketones (excluding diaryl/α,β-unsaturated/α-hetero) is 2. The van der Waals surface area contributed by atoms with Crippen molar-refractivity contribution in [1.29, 1.82) is 0 Å². The molecule has 0 bridgehead atoms. The molecule has 0 fully saturated rings. The van der Waals surface area contributed by atoms with Crippen LogP contribution in [0.15, 0.2) is 58.8 Å². The van der Waals surface area contributed by atoms with E-state index in [-0.39, 0.29) is 23.0 Å². The van der Waals surface area contributed by atoms with Gasteiger partial charge < -0.3 is 19.9 Å². The van der Waals surface area contributed by atoms with Gasteiger partial charge in [0, 0.05) is 11.1 Å². The average molecular weight is 440 g/mol. The highest BCUT2D eigenvalue weighted by Gasteiger charge is 2.11. The monoisotopic (exact) mass is 440 g/mol. The third-order valence-electron chi connectivity index (χ3n) is 4.77. The van der Waals surface area contributed by atoms with E-state index in [0.717, 1.165) is 25.7 Å². The van der Waals surface area contributed by atoms with Crippen molar-refractivity contribution in [2.45, 2.75) is 39.5 Å². The van der Waals surface area contributed by atoms with Crippen LogP contribution in [0.1, 0.15) is 60.2 Å². The van der Waals surface area contributed by atoms with Gasteiger partial charge in [0.2, 0.25) is 11.6 Å². The fraction of sp³-hybridized carbons (Fsp3) is 0.333. The molecular formula is C24H28N2O6. The Morgan fingerprint density at radius 3 is 1.31 bits per heavy atom. The van der Waals surface area contributed by atoms with Crippen LogP contribution >= 0.6 is 0 Å². The van der Waals surface area contributed by atoms with Gasteiger partial charge in [0.1, 0.15) is 22.9 Å². The summed E-state index contributed by atoms with van der Waals surface area (Å²) in [5.41, 5.74) is 0.974. The van der Waals surface area contributed by atoms with Gasteiger partial charge in [0.15, 0.2) is 0 Å². The van der Waals surface area contributed by atoms with Crippen molar-refractivity contribution in [2.24, 2.45) is 10.3 Å². The Labute approximate surface area is 187 Å². The summed E-state index contributed by atoms with van der Waals surface area (Å²) in [7, 11) is 0. The number of carbonyl (C=O) groups is 2. The number of rotatable bonds is 13. The minimum Gasteiger partial charge on any atom is -0.494 e. The van der Waals surface area contributed by atoms with Crippen LogP contribution in [0.4, 0.5) is 0 Å². The lowest BCUT2D eigenvalue weighted by Gasteiger charge is -2.08. The maximum atomic E-state index is 11.9. The topological polar surface area (TPSA) is 118 Å². The normalized spacial score (nSPS) is 11.8. The van der Waals surface area contributed by atoms with E-state index in [0.29, 0.717) is 35.8 Å². The number of hydrogen-bond acceptors (Lipinski definition) is 8. The van der Waals surface area contributed by atoms with E-state index in [1.807, 2.05) is 0 Å². The van der Waals surface area contributed by atoms with Gasteiger partial charge in [0.05, 0.1) is 13.2 Å². The Bertz CT molecular complexity index is 870. The van der Waals surface area contributed by atoms with Crippen LogP contribution in [-0.2, 0) is 0 Å². The number of nitrogens with zero attached hydrogens (tertiary/aromatic N) is 2. The summed E-state index contributed by atoms with van der Waals surface area (Å²) in [6.07, 6.45) is 3.80. The number of ether oxygens (including phenoxy) is 2. The summed E-state index contributed by atoms with van der Waals surface area (Å²) in [6.45, 7) is 4.06. The van der Waals surface area contributed by atoms with E-state index in [2.05, 4.69) is 10.3 Å². The highest BCUT2D eigenvalue weighted by molar-refractivity contribution is 6.45. The largest absolute Gasteiger partial charge is 0.494 e. The second-order valence-corrected chi connectivity index (χ2v) is 7.19. The molecular weight excluding hydrogens is 412 g/mol. The number of oxime groups is 2. The standard InChI is InChI=1S/C24H28N2O6/c1-17(25-29)23(27)19-7-11-21(12-8-19)31-15-5-3-4-6-16-32-22-13-9-20(10-14-22)24(28)18(2)26-30/h7-14,29-30H,3-6,15-16H2,1-2H3/b25-17+,26-18+. The van der Waals surface area contributed by atoms with Crippen molar-refractivity contribution < 1.29 is 29.5 Å². The molecule has 0 amide bonds. The molecule has 0 atom stereocenters. The van der Waals surface area contributed by atoms with Crippen molar-refractivity contribution >= 4 is 23.0 Å². The van der Waals surface area contributed by atoms with Crippen LogP contribution < -0.4 is 9.47 Å². The Hall–Kier alpha value is -3.68. The molecule has 0 spiro atoms. The number of unbranched alkanes of at least 4 members (excludes halogenated alkanes) is 3. The first-order chi connectivity index (χ1) is 15.5. The predicted octanol–water partition coefficient (Wildman–Crippen LogP) is 4.77. The molecule has 2 N–H and O–H groups in total. The summed E-state index contributed by atoms with van der Waals surface area (Å²) in [5.74, 6) is 0.727. The Morgan fingerprint density at radius 1 is 0.656 bits per heavy atom. The van der Waals surface area contributed by atoms with Gasteiger partial charge in [-0.15, -0.1) is 0 Å². The van der Waals surface area contributed by atoms with E-state index in [9.17, 15) is 9.59 Å². The van der Waals surface area contributed by atoms with Gasteiger partial charge in [-0.05, 0) is 88.1 Å². The summed E-state index contributed by atoms with van der Waals surface area (Å²) < 4.78 is 11.4. The maximum absolute atomic E-state index is 11.9. The van der Waals surface area contributed by atoms with Crippen LogP contribution in [0.3, 0.4) is 0 Å². The first-order valence-corrected chi connectivity index (χ1v) is 10.4. The molecule has 0 unspecified atom stereocenters. The minimum atomic E-state index is -0.322. The molecule has 32 heavy (non-hydrogen) atoms. The van der Waals surface area contributed by atoms with Gasteiger partial charge in [-0.2, -0.15) is 0 Å². The van der Waals surface area contributed by atoms with Crippen molar-refractivity contribution in [3.05, 3.63) is 59.7 Å². The molecule has 2 aromatic rings. The molecule has 0 aliphatic rings. The van der Waals surface area contributed by atoms with Crippen LogP contribution in [0, 0.1) is 0 Å². The molecule has 8 heteroatoms. The van der Waals surface area contributed by atoms with Crippen molar-refractivity contribution in [3.63, 3.8) is 0 Å². The lowest BCUT2D eigenvalue weighted by molar-refractivity contribution is 0.105. The van der Waals surface area contributed by atoms with Crippen molar-refractivity contribution in [1.82, 2.24) is 0 Å². The molecule has 0 aliphatic carbocycles. The van der Waals surface area contributed by atoms with E-state index in [1.165, 1.54) is 13.8 Å². The number of benzene rings is 2. The van der Waals surface area contributed by atoms with Crippen LogP contribution in [-0.4, -0.2) is 46.6 Å². The molecule has 0 saturated carbocycles. The van der Waals surface area contributed by atoms with Gasteiger partial charge in [-0.25, -0.2) is 0 Å². The van der Waals surface area contributed by atoms with Crippen LogP contribution in [0.25, 0.3) is 0 Å². The average Bonchev–Trinajstić information content (AvgIpc) is 2.84. The molecule has 2 rings (SSSR count). The molecule has 0 aliphatic heterocycles. The summed E-state index contributed by atoms with van der Waals surface area (Å²) in [4.78, 5) is 23.7. The number of ketones is 2. The lowest BCUT2D eigenvalue weighted by atomic mass is 10.1. The fourth-order valence-corrected chi connectivity index (χ4v) is 2.85. The van der Waals surface area contributed by atoms with E-state index >= 15 is 0 Å². The van der Waals surface area contributed by atoms with Gasteiger partial charge in [-0.1, -0.05) is 10.3 Å². The Balaban J connectivity index is 1.59. The van der Waals surface area contributed by atoms with Gasteiger partial charge in [0.25, 0.3) is 0 Å². The highest BCUT2D eigenvalue weighted by Crippen LogP contribution is 2.15. The molecule has 0 aromatic heterocycles. The van der Waals surface area contributed by atoms with Crippen LogP contribution in [0.2, 0.25) is 0 Å². The second kappa shape index (κ2) is 12.9. The Kier molecular flexibility index (Phi) is 9.90. The minimum absolute atomic E-state index is 0.0397. The van der Waals surface area contributed by atoms with E-state index < -0.39 is 0 Å². The zero-order valence-corrected chi connectivity index (χ0v) is 18.3. The van der Waals surface area contributed by atoms with Gasteiger partial charge in [-0.3, -0.25) is 9.59 Å². The third-order valence-corrected chi connectivity index (χ3v) is 4.77. The first-order valence-electron chi connectivity index (χ1n) is 10.4. The van der Waals surface area contributed by atoms with Gasteiger partial charge >= 0.3 is 0 Å². The predicted molar refractivity (Wildman–Crippen MR) is 121 cm³/mol. The number of hydrogen-bond donors (Lipinski definition) is 2. The molecule has 0 heterocycles.